The van der Waals surface area contributed by atoms with E-state index in [-0.39, 0.29) is 17.8 Å². The molecule has 0 radical (unpaired) electrons. The van der Waals surface area contributed by atoms with Gasteiger partial charge in [-0.1, -0.05) is 36.4 Å². The van der Waals surface area contributed by atoms with Crippen molar-refractivity contribution in [1.29, 1.82) is 0 Å². The van der Waals surface area contributed by atoms with E-state index in [2.05, 4.69) is 29.1 Å². The molecule has 5 nitrogen and oxygen atoms in total. The van der Waals surface area contributed by atoms with Gasteiger partial charge in [0.25, 0.3) is 5.91 Å². The summed E-state index contributed by atoms with van der Waals surface area (Å²) in [7, 11) is 0. The van der Waals surface area contributed by atoms with Crippen molar-refractivity contribution in [2.24, 2.45) is 0 Å². The minimum Gasteiger partial charge on any atom is -0.330 e. The van der Waals surface area contributed by atoms with Gasteiger partial charge in [0.2, 0.25) is 0 Å². The maximum atomic E-state index is 14.4. The molecule has 2 aromatic heterocycles. The first kappa shape index (κ1) is 20.6. The van der Waals surface area contributed by atoms with Crippen molar-refractivity contribution < 1.29 is 9.18 Å². The van der Waals surface area contributed by atoms with Crippen LogP contribution < -0.4 is 0 Å². The highest BCUT2D eigenvalue weighted by molar-refractivity contribution is 5.93. The Kier molecular flexibility index (Phi) is 5.16. The predicted octanol–water partition coefficient (Wildman–Crippen LogP) is 5.64. The van der Waals surface area contributed by atoms with Crippen LogP contribution in [0.5, 0.6) is 0 Å². The Hall–Kier alpha value is -3.28. The fourth-order valence-electron chi connectivity index (χ4n) is 4.67. The lowest BCUT2D eigenvalue weighted by Gasteiger charge is -2.35. The van der Waals surface area contributed by atoms with Crippen LogP contribution in [-0.4, -0.2) is 31.9 Å². The molecule has 0 bridgehead atoms. The number of aromatic nitrogens is 3. The summed E-state index contributed by atoms with van der Waals surface area (Å²) in [5, 5.41) is 4.65. The van der Waals surface area contributed by atoms with Crippen molar-refractivity contribution >= 4 is 17.1 Å². The number of allylic oxidation sites excluding steroid dienone is 4. The van der Waals surface area contributed by atoms with Crippen LogP contribution in [0.2, 0.25) is 0 Å². The van der Waals surface area contributed by atoms with Gasteiger partial charge in [0.1, 0.15) is 11.5 Å². The van der Waals surface area contributed by atoms with Crippen LogP contribution >= 0.6 is 0 Å². The number of nitrogens with zero attached hydrogens (tertiary/aromatic N) is 4. The summed E-state index contributed by atoms with van der Waals surface area (Å²) < 4.78 is 16.1. The summed E-state index contributed by atoms with van der Waals surface area (Å²) in [4.78, 5) is 20.1. The van der Waals surface area contributed by atoms with Crippen molar-refractivity contribution in [2.75, 3.05) is 6.54 Å². The molecule has 2 aliphatic rings. The number of carbonyl (C=O) groups excluding carboxylic acids is 1. The van der Waals surface area contributed by atoms with Gasteiger partial charge in [-0.05, 0) is 57.2 Å². The van der Waals surface area contributed by atoms with Gasteiger partial charge in [0, 0.05) is 29.8 Å². The number of rotatable bonds is 4. The molecule has 164 valence electrons. The number of fused-ring (bicyclic) bond motifs is 2. The fraction of sp³-hybridized carbons (Fsp3) is 0.346. The van der Waals surface area contributed by atoms with E-state index in [9.17, 15) is 9.18 Å². The first-order chi connectivity index (χ1) is 15.5. The first-order valence-electron chi connectivity index (χ1n) is 11.3. The van der Waals surface area contributed by atoms with E-state index in [1.165, 1.54) is 17.2 Å². The Bertz CT molecular complexity index is 1270. The topological polar surface area (TPSA) is 50.5 Å². The summed E-state index contributed by atoms with van der Waals surface area (Å²) in [6.45, 7) is 6.20. The monoisotopic (exact) mass is 430 g/mol. The van der Waals surface area contributed by atoms with Gasteiger partial charge in [0.15, 0.2) is 5.65 Å². The molecular weight excluding hydrogens is 403 g/mol. The zero-order chi connectivity index (χ0) is 22.4. The Balaban J connectivity index is 1.56. The number of benzene rings is 1. The highest BCUT2D eigenvalue weighted by Gasteiger charge is 2.32. The lowest BCUT2D eigenvalue weighted by atomic mass is 9.93. The van der Waals surface area contributed by atoms with E-state index >= 15 is 0 Å². The zero-order valence-corrected chi connectivity index (χ0v) is 18.7. The lowest BCUT2D eigenvalue weighted by Crippen LogP contribution is -2.39. The van der Waals surface area contributed by atoms with Gasteiger partial charge < -0.3 is 4.90 Å². The Morgan fingerprint density at radius 3 is 2.62 bits per heavy atom. The number of hydrogen-bond donors (Lipinski definition) is 0. The molecule has 3 heterocycles. The molecule has 1 saturated carbocycles. The Morgan fingerprint density at radius 1 is 1.12 bits per heavy atom. The van der Waals surface area contributed by atoms with Gasteiger partial charge in [-0.3, -0.25) is 4.79 Å². The molecule has 6 heteroatoms. The van der Waals surface area contributed by atoms with Gasteiger partial charge in [-0.2, -0.15) is 5.10 Å². The van der Waals surface area contributed by atoms with Crippen molar-refractivity contribution in [3.63, 3.8) is 0 Å². The third kappa shape index (κ3) is 3.44. The van der Waals surface area contributed by atoms with Gasteiger partial charge in [0.05, 0.1) is 11.7 Å². The molecule has 32 heavy (non-hydrogen) atoms. The number of halogens is 1. The molecule has 3 aromatic rings. The van der Waals surface area contributed by atoms with Gasteiger partial charge in [-0.15, -0.1) is 0 Å². The summed E-state index contributed by atoms with van der Waals surface area (Å²) >= 11 is 0. The molecule has 5 rings (SSSR count). The van der Waals surface area contributed by atoms with Crippen molar-refractivity contribution in [1.82, 2.24) is 19.5 Å². The molecule has 1 aliphatic carbocycles. The second-order valence-corrected chi connectivity index (χ2v) is 8.60. The molecule has 0 unspecified atom stereocenters. The predicted molar refractivity (Wildman–Crippen MR) is 123 cm³/mol. The zero-order valence-electron chi connectivity index (χ0n) is 18.7. The van der Waals surface area contributed by atoms with Crippen molar-refractivity contribution in [3.8, 4) is 0 Å². The summed E-state index contributed by atoms with van der Waals surface area (Å²) in [5.74, 6) is -0.0223. The number of carbonyl (C=O) groups is 1. The van der Waals surface area contributed by atoms with E-state index in [4.69, 9.17) is 0 Å². The molecule has 0 spiro atoms. The molecule has 0 N–H and O–H groups in total. The molecule has 1 atom stereocenters. The fourth-order valence-corrected chi connectivity index (χ4v) is 4.67. The maximum absolute atomic E-state index is 14.4. The van der Waals surface area contributed by atoms with Crippen LogP contribution in [0.3, 0.4) is 0 Å². The molecule has 1 aliphatic heterocycles. The molecule has 1 aromatic carbocycles. The van der Waals surface area contributed by atoms with Crippen LogP contribution in [0.15, 0.2) is 54.4 Å². The third-order valence-corrected chi connectivity index (χ3v) is 6.60. The average Bonchev–Trinajstić information content (AvgIpc) is 3.57. The van der Waals surface area contributed by atoms with Crippen molar-refractivity contribution in [3.05, 3.63) is 82.6 Å². The van der Waals surface area contributed by atoms with Gasteiger partial charge >= 0.3 is 0 Å². The Labute approximate surface area is 187 Å². The van der Waals surface area contributed by atoms with E-state index < -0.39 is 0 Å². The van der Waals surface area contributed by atoms with Crippen LogP contribution in [0.1, 0.15) is 78.6 Å². The minimum atomic E-state index is -0.319. The smallest absolute Gasteiger partial charge is 0.273 e. The first-order valence-corrected chi connectivity index (χ1v) is 11.3. The van der Waals surface area contributed by atoms with E-state index in [0.717, 1.165) is 25.0 Å². The van der Waals surface area contributed by atoms with Crippen LogP contribution in [0.25, 0.3) is 11.2 Å². The van der Waals surface area contributed by atoms with Crippen LogP contribution in [-0.2, 0) is 6.42 Å². The normalized spacial score (nSPS) is 19.4. The number of hydrogen-bond acceptors (Lipinski definition) is 3. The third-order valence-electron chi connectivity index (χ3n) is 6.60. The summed E-state index contributed by atoms with van der Waals surface area (Å²) in [6.07, 6.45) is 6.12. The molecule has 1 fully saturated rings. The quantitative estimate of drug-likeness (QED) is 0.503. The highest BCUT2D eigenvalue weighted by Crippen LogP contribution is 2.41. The second-order valence-electron chi connectivity index (χ2n) is 8.60. The lowest BCUT2D eigenvalue weighted by molar-refractivity contribution is 0.0671. The van der Waals surface area contributed by atoms with E-state index in [1.54, 1.807) is 30.5 Å². The summed E-state index contributed by atoms with van der Waals surface area (Å²) in [6, 6.07) is 12.0. The standard InChI is InChI=1S/C26H27FN4O/c1-4-19(21(27)5-2)22-15-25-28-23(14-24(18-10-11-18)31(25)29-22)26(32)30-13-12-17-8-6-7-9-20(17)16(30)3/h4-9,14-16,18H,10-13H2,1-3H3/b19-4+,21-5+/t16-/m1/s1. The maximum Gasteiger partial charge on any atom is 0.273 e. The van der Waals surface area contributed by atoms with Crippen LogP contribution in [0.4, 0.5) is 4.39 Å². The van der Waals surface area contributed by atoms with Crippen molar-refractivity contribution in [2.45, 2.75) is 52.0 Å². The molecular formula is C26H27FN4O. The Morgan fingerprint density at radius 2 is 1.91 bits per heavy atom. The molecule has 1 amide bonds. The summed E-state index contributed by atoms with van der Waals surface area (Å²) in [5.41, 5.74) is 5.46. The SMILES string of the molecule is C/C=C(\C(F)=C/C)c1cc2nc(C(=O)N3CCc4ccccc4[C@H]3C)cc(C3CC3)n2n1. The van der Waals surface area contributed by atoms with Crippen LogP contribution in [0, 0.1) is 0 Å². The van der Waals surface area contributed by atoms with Gasteiger partial charge in [-0.25, -0.2) is 13.9 Å². The minimum absolute atomic E-state index is 0.00580. The number of amides is 1. The highest BCUT2D eigenvalue weighted by atomic mass is 19.1. The average molecular weight is 431 g/mol. The largest absolute Gasteiger partial charge is 0.330 e. The van der Waals surface area contributed by atoms with E-state index in [0.29, 0.717) is 35.1 Å². The second kappa shape index (κ2) is 8.01. The van der Waals surface area contributed by atoms with E-state index in [1.807, 2.05) is 23.1 Å². The molecule has 0 saturated heterocycles.